The second-order valence-electron chi connectivity index (χ2n) is 11.0. The van der Waals surface area contributed by atoms with E-state index < -0.39 is 10.0 Å². The summed E-state index contributed by atoms with van der Waals surface area (Å²) in [6, 6.07) is 4.81. The molecule has 0 aromatic carbocycles. The predicted molar refractivity (Wildman–Crippen MR) is 143 cm³/mol. The number of pyridine rings is 1. The molecule has 5 rings (SSSR count). The first-order valence-corrected chi connectivity index (χ1v) is 15.6. The van der Waals surface area contributed by atoms with Crippen LogP contribution in [0.4, 0.5) is 4.39 Å². The molecular weight excluding hydrogens is 477 g/mol. The fourth-order valence-electron chi connectivity index (χ4n) is 5.32. The van der Waals surface area contributed by atoms with E-state index in [1.54, 1.807) is 6.20 Å². The van der Waals surface area contributed by atoms with Gasteiger partial charge in [-0.15, -0.1) is 0 Å². The standard InChI is InChI=1S/C26H36FN7OS/c1-36(2,3)13-12-35-19-32-11-6-22-24(23(27)15-30-25(22)32)20-14-31-34(16-20)26(7-8-28)17-33(18-26)21-4-9-29-10-5-21/h6,11,14-16,21,29H,4-5,7,9-10,12-13,17-19H2,1-3H3. The maximum atomic E-state index is 15.1. The van der Waals surface area contributed by atoms with Gasteiger partial charge in [-0.25, -0.2) is 19.4 Å². The minimum absolute atomic E-state index is 0.366. The fourth-order valence-corrected chi connectivity index (χ4v) is 5.94. The number of piperidine rings is 1. The van der Waals surface area contributed by atoms with E-state index in [1.807, 2.05) is 27.7 Å². The Balaban J connectivity index is 1.36. The zero-order valence-corrected chi connectivity index (χ0v) is 22.2. The van der Waals surface area contributed by atoms with E-state index in [-0.39, 0.29) is 11.4 Å². The molecule has 3 aromatic rings. The zero-order valence-electron chi connectivity index (χ0n) is 21.4. The van der Waals surface area contributed by atoms with Crippen LogP contribution in [0.15, 0.2) is 30.9 Å². The van der Waals surface area contributed by atoms with Crippen LogP contribution < -0.4 is 5.32 Å². The molecule has 5 heterocycles. The SMILES string of the molecule is CS(C)(C)CCOCn1ccc2c(-c3cnn(C4(CC#N)CN(C5CCNCC5)C4)c3)c(F)cnc21. The molecule has 0 spiro atoms. The summed E-state index contributed by atoms with van der Waals surface area (Å²) in [5.74, 6) is 0.661. The summed E-state index contributed by atoms with van der Waals surface area (Å²) in [5, 5.41) is 18.3. The number of fused-ring (bicyclic) bond motifs is 1. The van der Waals surface area contributed by atoms with Gasteiger partial charge in [0.2, 0.25) is 0 Å². The Morgan fingerprint density at radius 2 is 2.03 bits per heavy atom. The molecule has 0 atom stereocenters. The van der Waals surface area contributed by atoms with E-state index in [4.69, 9.17) is 4.74 Å². The van der Waals surface area contributed by atoms with Crippen molar-refractivity contribution in [2.45, 2.75) is 37.6 Å². The Bertz CT molecular complexity index is 1250. The van der Waals surface area contributed by atoms with Crippen molar-refractivity contribution in [2.75, 3.05) is 57.3 Å². The molecule has 2 aliphatic heterocycles. The van der Waals surface area contributed by atoms with Crippen molar-refractivity contribution in [1.29, 1.82) is 5.26 Å². The highest BCUT2D eigenvalue weighted by Gasteiger charge is 2.47. The average molecular weight is 514 g/mol. The number of rotatable bonds is 9. The normalized spacial score (nSPS) is 19.3. The number of nitriles is 1. The summed E-state index contributed by atoms with van der Waals surface area (Å²) in [4.78, 5) is 6.82. The highest BCUT2D eigenvalue weighted by molar-refractivity contribution is 8.32. The van der Waals surface area contributed by atoms with Crippen molar-refractivity contribution in [1.82, 2.24) is 29.5 Å². The van der Waals surface area contributed by atoms with Gasteiger partial charge in [-0.1, -0.05) is 0 Å². The monoisotopic (exact) mass is 513 g/mol. The third-order valence-corrected chi connectivity index (χ3v) is 8.79. The average Bonchev–Trinajstić information content (AvgIpc) is 3.46. The molecule has 2 saturated heterocycles. The summed E-state index contributed by atoms with van der Waals surface area (Å²) in [6.07, 6.45) is 16.2. The lowest BCUT2D eigenvalue weighted by molar-refractivity contribution is -0.0339. The lowest BCUT2D eigenvalue weighted by Crippen LogP contribution is -2.66. The van der Waals surface area contributed by atoms with E-state index in [0.717, 1.165) is 50.2 Å². The van der Waals surface area contributed by atoms with Crippen molar-refractivity contribution >= 4 is 21.1 Å². The predicted octanol–water partition coefficient (Wildman–Crippen LogP) is 3.38. The van der Waals surface area contributed by atoms with Gasteiger partial charge in [0.25, 0.3) is 0 Å². The van der Waals surface area contributed by atoms with E-state index in [1.165, 1.54) is 6.20 Å². The summed E-state index contributed by atoms with van der Waals surface area (Å²) in [6.45, 7) is 4.74. The molecule has 3 aromatic heterocycles. The molecule has 0 bridgehead atoms. The zero-order chi connectivity index (χ0) is 25.3. The molecule has 0 saturated carbocycles. The Morgan fingerprint density at radius 1 is 1.25 bits per heavy atom. The van der Waals surface area contributed by atoms with Crippen LogP contribution in [0, 0.1) is 17.1 Å². The highest BCUT2D eigenvalue weighted by atomic mass is 32.3. The van der Waals surface area contributed by atoms with E-state index in [9.17, 15) is 5.26 Å². The first-order chi connectivity index (χ1) is 17.3. The molecular formula is C26H36FN7OS. The van der Waals surface area contributed by atoms with Crippen molar-refractivity contribution in [3.05, 3.63) is 36.7 Å². The van der Waals surface area contributed by atoms with Gasteiger partial charge in [0.05, 0.1) is 31.5 Å². The molecule has 194 valence electrons. The van der Waals surface area contributed by atoms with Crippen LogP contribution >= 0.6 is 10.0 Å². The van der Waals surface area contributed by atoms with Crippen LogP contribution in [0.5, 0.6) is 0 Å². The van der Waals surface area contributed by atoms with Crippen LogP contribution in [-0.2, 0) is 17.0 Å². The number of hydrogen-bond donors (Lipinski definition) is 1. The summed E-state index contributed by atoms with van der Waals surface area (Å²) >= 11 is 0. The number of likely N-dealkylation sites (tertiary alicyclic amines) is 1. The number of hydrogen-bond acceptors (Lipinski definition) is 6. The van der Waals surface area contributed by atoms with Crippen molar-refractivity contribution in [3.8, 4) is 17.2 Å². The highest BCUT2D eigenvalue weighted by Crippen LogP contribution is 2.38. The van der Waals surface area contributed by atoms with Gasteiger partial charge in [0, 0.05) is 53.8 Å². The molecule has 8 nitrogen and oxygen atoms in total. The third kappa shape index (κ3) is 5.02. The van der Waals surface area contributed by atoms with Gasteiger partial charge < -0.3 is 14.6 Å². The number of nitrogens with zero attached hydrogens (tertiary/aromatic N) is 6. The van der Waals surface area contributed by atoms with E-state index >= 15 is 4.39 Å². The van der Waals surface area contributed by atoms with Gasteiger partial charge in [-0.05, 0) is 50.8 Å². The Morgan fingerprint density at radius 3 is 2.75 bits per heavy atom. The molecule has 0 unspecified atom stereocenters. The number of nitrogens with one attached hydrogen (secondary N) is 1. The van der Waals surface area contributed by atoms with Gasteiger partial charge in [0.15, 0.2) is 0 Å². The van der Waals surface area contributed by atoms with Crippen molar-refractivity contribution < 1.29 is 9.13 Å². The quantitative estimate of drug-likeness (QED) is 0.442. The van der Waals surface area contributed by atoms with E-state index in [0.29, 0.717) is 42.6 Å². The molecule has 1 N–H and O–H groups in total. The number of halogens is 1. The minimum atomic E-state index is -0.612. The largest absolute Gasteiger partial charge is 0.360 e. The first-order valence-electron chi connectivity index (χ1n) is 12.5. The second kappa shape index (κ2) is 10.1. The number of aromatic nitrogens is 4. The Labute approximate surface area is 213 Å². The van der Waals surface area contributed by atoms with Crippen LogP contribution in [0.2, 0.25) is 0 Å². The van der Waals surface area contributed by atoms with Gasteiger partial charge in [0.1, 0.15) is 23.7 Å². The summed E-state index contributed by atoms with van der Waals surface area (Å²) < 4.78 is 24.8. The van der Waals surface area contributed by atoms with Gasteiger partial charge in [-0.3, -0.25) is 9.58 Å². The maximum Gasteiger partial charge on any atom is 0.150 e. The topological polar surface area (TPSA) is 83.9 Å². The van der Waals surface area contributed by atoms with Crippen LogP contribution in [0.3, 0.4) is 0 Å². The molecule has 36 heavy (non-hydrogen) atoms. The van der Waals surface area contributed by atoms with Crippen LogP contribution in [0.25, 0.3) is 22.2 Å². The summed E-state index contributed by atoms with van der Waals surface area (Å²) in [5.41, 5.74) is 1.52. The molecule has 10 heteroatoms. The third-order valence-electron chi connectivity index (χ3n) is 7.40. The summed E-state index contributed by atoms with van der Waals surface area (Å²) in [7, 11) is -0.612. The fraction of sp³-hybridized carbons (Fsp3) is 0.577. The van der Waals surface area contributed by atoms with Crippen molar-refractivity contribution in [2.24, 2.45) is 0 Å². The maximum absolute atomic E-state index is 15.1. The lowest BCUT2D eigenvalue weighted by Gasteiger charge is -2.53. The molecule has 2 fully saturated rings. The minimum Gasteiger partial charge on any atom is -0.360 e. The number of ether oxygens (including phenoxy) is 1. The molecule has 0 amide bonds. The first kappa shape index (κ1) is 25.2. The smallest absolute Gasteiger partial charge is 0.150 e. The molecule has 0 aliphatic carbocycles. The van der Waals surface area contributed by atoms with Gasteiger partial charge in [-0.2, -0.15) is 10.4 Å². The Hall–Kier alpha value is -2.45. The van der Waals surface area contributed by atoms with Gasteiger partial charge >= 0.3 is 0 Å². The van der Waals surface area contributed by atoms with Crippen LogP contribution in [-0.4, -0.2) is 87.6 Å². The second-order valence-corrected chi connectivity index (χ2v) is 15.5. The molecule has 2 aliphatic rings. The molecule has 0 radical (unpaired) electrons. The lowest BCUT2D eigenvalue weighted by atomic mass is 9.84. The van der Waals surface area contributed by atoms with E-state index in [2.05, 4.69) is 45.1 Å². The Kier molecular flexibility index (Phi) is 7.10. The van der Waals surface area contributed by atoms with Crippen molar-refractivity contribution in [3.63, 3.8) is 0 Å². The van der Waals surface area contributed by atoms with Crippen LogP contribution in [0.1, 0.15) is 19.3 Å².